The standard InChI is InChI=1S/C32H35N7/c1-21-26(15-13-24-14-16-27(36-28(21)24)23-7-3-2-4-8-23)29-30-31(33)34-20-35-39(30)32(37-29)25-11-9-22(10-12-25)19-38-17-5-6-18-38/h2-4,7-8,13-16,20,22,25H,5-6,9-12,17-19H2,1H3,(H2,33,34,35). The summed E-state index contributed by atoms with van der Waals surface area (Å²) in [6, 6.07) is 18.8. The molecule has 0 atom stereocenters. The molecule has 1 aliphatic carbocycles. The van der Waals surface area contributed by atoms with Gasteiger partial charge in [0, 0.05) is 29.0 Å². The zero-order valence-corrected chi connectivity index (χ0v) is 22.6. The number of hydrogen-bond donors (Lipinski definition) is 1. The average Bonchev–Trinajstić information content (AvgIpc) is 3.63. The molecule has 5 aromatic rings. The summed E-state index contributed by atoms with van der Waals surface area (Å²) in [7, 11) is 0. The van der Waals surface area contributed by atoms with Gasteiger partial charge in [-0.1, -0.05) is 48.5 Å². The highest BCUT2D eigenvalue weighted by molar-refractivity contribution is 5.94. The predicted octanol–water partition coefficient (Wildman–Crippen LogP) is 6.27. The van der Waals surface area contributed by atoms with Crippen molar-refractivity contribution in [2.75, 3.05) is 25.4 Å². The third-order valence-corrected chi connectivity index (χ3v) is 8.85. The van der Waals surface area contributed by atoms with Gasteiger partial charge in [-0.2, -0.15) is 5.10 Å². The summed E-state index contributed by atoms with van der Waals surface area (Å²) in [5.41, 5.74) is 13.3. The molecule has 1 saturated heterocycles. The monoisotopic (exact) mass is 517 g/mol. The maximum atomic E-state index is 6.48. The van der Waals surface area contributed by atoms with Crippen molar-refractivity contribution >= 4 is 22.2 Å². The van der Waals surface area contributed by atoms with Crippen LogP contribution in [0.2, 0.25) is 0 Å². The molecule has 0 bridgehead atoms. The SMILES string of the molecule is Cc1c(-c2nc(C3CCC(CN4CCCC4)CC3)n3ncnc(N)c23)ccc2ccc(-c3ccccc3)nc12. The molecule has 39 heavy (non-hydrogen) atoms. The number of rotatable bonds is 5. The summed E-state index contributed by atoms with van der Waals surface area (Å²) in [6.45, 7) is 5.94. The summed E-state index contributed by atoms with van der Waals surface area (Å²) in [5, 5.41) is 5.76. The van der Waals surface area contributed by atoms with E-state index in [1.165, 1.54) is 45.3 Å². The van der Waals surface area contributed by atoms with Crippen LogP contribution in [0.3, 0.4) is 0 Å². The molecule has 0 spiro atoms. The molecule has 0 amide bonds. The highest BCUT2D eigenvalue weighted by Gasteiger charge is 2.30. The highest BCUT2D eigenvalue weighted by Crippen LogP contribution is 2.40. The van der Waals surface area contributed by atoms with Crippen LogP contribution < -0.4 is 5.73 Å². The number of nitrogens with two attached hydrogens (primary N) is 1. The van der Waals surface area contributed by atoms with E-state index in [0.717, 1.165) is 69.1 Å². The van der Waals surface area contributed by atoms with Crippen LogP contribution in [0.4, 0.5) is 5.82 Å². The topological polar surface area (TPSA) is 85.2 Å². The Balaban J connectivity index is 1.26. The second-order valence-corrected chi connectivity index (χ2v) is 11.3. The molecular formula is C32H35N7. The number of aromatic nitrogens is 5. The molecule has 2 aromatic carbocycles. The number of fused-ring (bicyclic) bond motifs is 2. The Morgan fingerprint density at radius 1 is 0.897 bits per heavy atom. The summed E-state index contributed by atoms with van der Waals surface area (Å²) >= 11 is 0. The normalized spacial score (nSPS) is 20.2. The number of aryl methyl sites for hydroxylation is 1. The summed E-state index contributed by atoms with van der Waals surface area (Å²) in [6.07, 6.45) is 9.03. The Morgan fingerprint density at radius 3 is 2.46 bits per heavy atom. The van der Waals surface area contributed by atoms with Gasteiger partial charge in [0.05, 0.1) is 11.2 Å². The van der Waals surface area contributed by atoms with Crippen molar-refractivity contribution < 1.29 is 0 Å². The predicted molar refractivity (Wildman–Crippen MR) is 156 cm³/mol. The minimum Gasteiger partial charge on any atom is -0.382 e. The lowest BCUT2D eigenvalue weighted by molar-refractivity contribution is 0.221. The zero-order chi connectivity index (χ0) is 26.3. The third kappa shape index (κ3) is 4.44. The second-order valence-electron chi connectivity index (χ2n) is 11.3. The van der Waals surface area contributed by atoms with Crippen molar-refractivity contribution in [2.45, 2.75) is 51.4 Å². The van der Waals surface area contributed by atoms with E-state index in [9.17, 15) is 0 Å². The van der Waals surface area contributed by atoms with Gasteiger partial charge < -0.3 is 10.6 Å². The van der Waals surface area contributed by atoms with Gasteiger partial charge in [0.2, 0.25) is 0 Å². The molecule has 1 saturated carbocycles. The first-order chi connectivity index (χ1) is 19.2. The Morgan fingerprint density at radius 2 is 1.67 bits per heavy atom. The minimum absolute atomic E-state index is 0.374. The van der Waals surface area contributed by atoms with Crippen molar-refractivity contribution in [3.8, 4) is 22.5 Å². The Hall–Kier alpha value is -3.84. The van der Waals surface area contributed by atoms with Crippen LogP contribution in [0.15, 0.2) is 60.9 Å². The molecule has 7 heteroatoms. The Labute approximate surface area is 229 Å². The van der Waals surface area contributed by atoms with Crippen LogP contribution in [0, 0.1) is 12.8 Å². The number of pyridine rings is 1. The summed E-state index contributed by atoms with van der Waals surface area (Å²) in [5.74, 6) is 2.64. The molecule has 198 valence electrons. The molecule has 3 aromatic heterocycles. The molecule has 2 N–H and O–H groups in total. The lowest BCUT2D eigenvalue weighted by Crippen LogP contribution is -2.29. The first-order valence-electron chi connectivity index (χ1n) is 14.3. The van der Waals surface area contributed by atoms with Crippen molar-refractivity contribution in [3.05, 3.63) is 72.3 Å². The van der Waals surface area contributed by atoms with Gasteiger partial charge >= 0.3 is 0 Å². The third-order valence-electron chi connectivity index (χ3n) is 8.85. The molecule has 1 aliphatic heterocycles. The largest absolute Gasteiger partial charge is 0.382 e. The summed E-state index contributed by atoms with van der Waals surface area (Å²) in [4.78, 5) is 17.3. The fraction of sp³-hybridized carbons (Fsp3) is 0.375. The average molecular weight is 518 g/mol. The number of hydrogen-bond acceptors (Lipinski definition) is 6. The smallest absolute Gasteiger partial charge is 0.153 e. The van der Waals surface area contributed by atoms with Gasteiger partial charge in [-0.15, -0.1) is 0 Å². The van der Waals surface area contributed by atoms with Crippen molar-refractivity contribution in [3.63, 3.8) is 0 Å². The van der Waals surface area contributed by atoms with E-state index < -0.39 is 0 Å². The van der Waals surface area contributed by atoms with Crippen LogP contribution in [0.25, 0.3) is 38.9 Å². The van der Waals surface area contributed by atoms with Crippen LogP contribution in [-0.2, 0) is 0 Å². The lowest BCUT2D eigenvalue weighted by atomic mass is 9.81. The van der Waals surface area contributed by atoms with Crippen molar-refractivity contribution in [1.29, 1.82) is 0 Å². The molecule has 0 radical (unpaired) electrons. The van der Waals surface area contributed by atoms with Gasteiger partial charge in [-0.3, -0.25) is 0 Å². The molecule has 7 rings (SSSR count). The van der Waals surface area contributed by atoms with Gasteiger partial charge in [0.25, 0.3) is 0 Å². The van der Waals surface area contributed by atoms with Crippen molar-refractivity contribution in [2.24, 2.45) is 5.92 Å². The Kier molecular flexibility index (Phi) is 6.24. The molecule has 2 aliphatic rings. The van der Waals surface area contributed by atoms with E-state index in [4.69, 9.17) is 15.7 Å². The van der Waals surface area contributed by atoms with E-state index in [0.29, 0.717) is 11.7 Å². The van der Waals surface area contributed by atoms with Gasteiger partial charge in [0.1, 0.15) is 23.4 Å². The van der Waals surface area contributed by atoms with Gasteiger partial charge in [-0.05, 0) is 76.1 Å². The van der Waals surface area contributed by atoms with Crippen LogP contribution in [-0.4, -0.2) is 49.1 Å². The maximum Gasteiger partial charge on any atom is 0.153 e. The van der Waals surface area contributed by atoms with E-state index in [2.05, 4.69) is 58.3 Å². The fourth-order valence-corrected chi connectivity index (χ4v) is 6.72. The molecule has 7 nitrogen and oxygen atoms in total. The number of benzene rings is 2. The van der Waals surface area contributed by atoms with E-state index in [-0.39, 0.29) is 0 Å². The van der Waals surface area contributed by atoms with E-state index in [1.807, 2.05) is 22.7 Å². The quantitative estimate of drug-likeness (QED) is 0.296. The van der Waals surface area contributed by atoms with Crippen LogP contribution in [0.5, 0.6) is 0 Å². The highest BCUT2D eigenvalue weighted by atomic mass is 15.3. The molecule has 0 unspecified atom stereocenters. The number of likely N-dealkylation sites (tertiary alicyclic amines) is 1. The Bertz CT molecular complexity index is 1630. The summed E-state index contributed by atoms with van der Waals surface area (Å²) < 4.78 is 1.96. The van der Waals surface area contributed by atoms with Crippen molar-refractivity contribution in [1.82, 2.24) is 29.5 Å². The zero-order valence-electron chi connectivity index (χ0n) is 22.6. The number of anilines is 1. The minimum atomic E-state index is 0.374. The second kappa shape index (κ2) is 10.0. The van der Waals surface area contributed by atoms with Crippen LogP contribution >= 0.6 is 0 Å². The van der Waals surface area contributed by atoms with E-state index in [1.54, 1.807) is 6.33 Å². The molecular weight excluding hydrogens is 482 g/mol. The van der Waals surface area contributed by atoms with Crippen LogP contribution in [0.1, 0.15) is 55.8 Å². The van der Waals surface area contributed by atoms with Gasteiger partial charge in [0.15, 0.2) is 5.82 Å². The first-order valence-corrected chi connectivity index (χ1v) is 14.3. The van der Waals surface area contributed by atoms with E-state index >= 15 is 0 Å². The molecule has 2 fully saturated rings. The molecule has 4 heterocycles. The van der Waals surface area contributed by atoms with Gasteiger partial charge in [-0.25, -0.2) is 19.5 Å². The number of imidazole rings is 1. The number of nitrogens with zero attached hydrogens (tertiary/aromatic N) is 6. The fourth-order valence-electron chi connectivity index (χ4n) is 6.72. The lowest BCUT2D eigenvalue weighted by Gasteiger charge is -2.30. The number of nitrogen functional groups attached to an aromatic ring is 1. The maximum absolute atomic E-state index is 6.48. The first kappa shape index (κ1) is 24.2.